The number of piperazine rings is 1. The Morgan fingerprint density at radius 3 is 2.68 bits per heavy atom. The van der Waals surface area contributed by atoms with E-state index in [9.17, 15) is 8.42 Å². The van der Waals surface area contributed by atoms with Gasteiger partial charge in [-0.3, -0.25) is 4.90 Å². The first kappa shape index (κ1) is 16.9. The monoisotopic (exact) mass is 379 g/mol. The predicted octanol–water partition coefficient (Wildman–Crippen LogP) is 0.983. The molecule has 0 N–H and O–H groups in total. The molecule has 0 aromatic carbocycles. The molecule has 2 saturated heterocycles. The molecule has 25 heavy (non-hydrogen) atoms. The zero-order valence-corrected chi connectivity index (χ0v) is 15.7. The average Bonchev–Trinajstić information content (AvgIpc) is 3.19. The fraction of sp³-hybridized carbons (Fsp3) is 0.562. The van der Waals surface area contributed by atoms with E-state index in [4.69, 9.17) is 0 Å². The van der Waals surface area contributed by atoms with Gasteiger partial charge in [-0.25, -0.2) is 23.4 Å². The predicted molar refractivity (Wildman–Crippen MR) is 97.5 cm³/mol. The summed E-state index contributed by atoms with van der Waals surface area (Å²) >= 11 is 1.67. The molecule has 2 atom stereocenters. The highest BCUT2D eigenvalue weighted by Crippen LogP contribution is 2.30. The number of hydrogen-bond acceptors (Lipinski definition) is 8. The van der Waals surface area contributed by atoms with Crippen LogP contribution in [-0.4, -0.2) is 64.9 Å². The Kier molecular flexibility index (Phi) is 4.47. The van der Waals surface area contributed by atoms with Crippen LogP contribution in [0.3, 0.4) is 0 Å². The van der Waals surface area contributed by atoms with E-state index in [0.717, 1.165) is 30.2 Å². The van der Waals surface area contributed by atoms with Gasteiger partial charge in [0.25, 0.3) is 0 Å². The third kappa shape index (κ3) is 3.40. The molecule has 2 aliphatic heterocycles. The fourth-order valence-corrected chi connectivity index (χ4v) is 6.45. The zero-order valence-electron chi connectivity index (χ0n) is 14.1. The lowest BCUT2D eigenvalue weighted by molar-refractivity contribution is 0.157. The van der Waals surface area contributed by atoms with Crippen molar-refractivity contribution in [3.05, 3.63) is 34.5 Å². The molecule has 9 heteroatoms. The van der Waals surface area contributed by atoms with Crippen molar-refractivity contribution in [2.24, 2.45) is 0 Å². The first-order chi connectivity index (χ1) is 12.1. The normalized spacial score (nSPS) is 25.9. The number of aryl methyl sites for hydroxylation is 1. The van der Waals surface area contributed by atoms with Crippen LogP contribution in [0.4, 0.5) is 5.95 Å². The summed E-state index contributed by atoms with van der Waals surface area (Å²) in [5.74, 6) is 0.992. The molecule has 0 radical (unpaired) electrons. The maximum atomic E-state index is 12.3. The van der Waals surface area contributed by atoms with Gasteiger partial charge >= 0.3 is 0 Å². The largest absolute Gasteiger partial charge is 0.334 e. The molecule has 0 spiro atoms. The zero-order chi connectivity index (χ0) is 17.4. The molecule has 0 bridgehead atoms. The van der Waals surface area contributed by atoms with Crippen molar-refractivity contribution in [1.82, 2.24) is 19.9 Å². The van der Waals surface area contributed by atoms with Crippen LogP contribution in [0.1, 0.15) is 17.6 Å². The summed E-state index contributed by atoms with van der Waals surface area (Å²) in [7, 11) is -3.05. The highest BCUT2D eigenvalue weighted by Gasteiger charge is 2.47. The first-order valence-electron chi connectivity index (χ1n) is 8.47. The van der Waals surface area contributed by atoms with Crippen molar-refractivity contribution < 1.29 is 8.42 Å². The first-order valence-corrected chi connectivity index (χ1v) is 11.2. The molecule has 2 aromatic heterocycles. The van der Waals surface area contributed by atoms with Gasteiger partial charge in [0.1, 0.15) is 0 Å². The summed E-state index contributed by atoms with van der Waals surface area (Å²) in [5, 5.41) is 3.21. The van der Waals surface area contributed by atoms with Crippen LogP contribution in [0.25, 0.3) is 0 Å². The number of rotatable bonds is 4. The minimum atomic E-state index is -3.05. The van der Waals surface area contributed by atoms with Gasteiger partial charge in [0.2, 0.25) is 5.95 Å². The lowest BCUT2D eigenvalue weighted by Gasteiger charge is -2.43. The minimum Gasteiger partial charge on any atom is -0.334 e. The van der Waals surface area contributed by atoms with Gasteiger partial charge in [0, 0.05) is 43.4 Å². The van der Waals surface area contributed by atoms with E-state index in [-0.39, 0.29) is 23.6 Å². The average molecular weight is 380 g/mol. The van der Waals surface area contributed by atoms with Crippen molar-refractivity contribution in [3.63, 3.8) is 0 Å². The number of nitrogens with zero attached hydrogens (tertiary/aromatic N) is 5. The lowest BCUT2D eigenvalue weighted by Crippen LogP contribution is -2.59. The second-order valence-corrected chi connectivity index (χ2v) is 9.61. The highest BCUT2D eigenvalue weighted by atomic mass is 32.2. The topological polar surface area (TPSA) is 79.3 Å². The van der Waals surface area contributed by atoms with Crippen molar-refractivity contribution in [3.8, 4) is 0 Å². The van der Waals surface area contributed by atoms with Gasteiger partial charge in [-0.2, -0.15) is 0 Å². The van der Waals surface area contributed by atoms with Crippen LogP contribution in [-0.2, 0) is 22.8 Å². The number of thiazole rings is 1. The molecule has 134 valence electrons. The minimum absolute atomic E-state index is 0.0330. The molecule has 0 amide bonds. The molecular weight excluding hydrogens is 358 g/mol. The second-order valence-electron chi connectivity index (χ2n) is 6.51. The number of aromatic nitrogens is 3. The van der Waals surface area contributed by atoms with Crippen molar-refractivity contribution in [1.29, 1.82) is 0 Å². The van der Waals surface area contributed by atoms with Gasteiger partial charge in [0.05, 0.1) is 28.2 Å². The van der Waals surface area contributed by atoms with Crippen LogP contribution >= 0.6 is 11.3 Å². The summed E-state index contributed by atoms with van der Waals surface area (Å²) in [6, 6.07) is 1.65. The third-order valence-electron chi connectivity index (χ3n) is 4.87. The van der Waals surface area contributed by atoms with Gasteiger partial charge in [-0.1, -0.05) is 6.92 Å². The molecule has 2 fully saturated rings. The molecule has 0 aliphatic carbocycles. The van der Waals surface area contributed by atoms with Crippen molar-refractivity contribution >= 4 is 27.1 Å². The Balaban J connectivity index is 1.58. The number of hydrogen-bond donors (Lipinski definition) is 0. The van der Waals surface area contributed by atoms with Crippen LogP contribution in [0.5, 0.6) is 0 Å². The van der Waals surface area contributed by atoms with Crippen LogP contribution < -0.4 is 4.90 Å². The van der Waals surface area contributed by atoms with E-state index in [2.05, 4.69) is 37.1 Å². The standard InChI is InChI=1S/C16H21N5O2S2/c1-2-15-19-12(9-24-15)8-20-6-7-21(16-17-4-3-5-18-16)14-11-25(22,23)10-13(14)20/h3-5,9,13-14H,2,6-8,10-11H2,1H3. The van der Waals surface area contributed by atoms with Crippen molar-refractivity contribution in [2.45, 2.75) is 32.0 Å². The summed E-state index contributed by atoms with van der Waals surface area (Å²) in [5.41, 5.74) is 1.04. The van der Waals surface area contributed by atoms with E-state index in [0.29, 0.717) is 12.5 Å². The summed E-state index contributed by atoms with van der Waals surface area (Å²) in [6.07, 6.45) is 4.34. The lowest BCUT2D eigenvalue weighted by atomic mass is 10.0. The SMILES string of the molecule is CCc1nc(CN2CCN(c3ncccn3)C3CS(=O)(=O)CC32)cs1. The van der Waals surface area contributed by atoms with E-state index < -0.39 is 9.84 Å². The van der Waals surface area contributed by atoms with E-state index >= 15 is 0 Å². The second kappa shape index (κ2) is 6.62. The van der Waals surface area contributed by atoms with Gasteiger partial charge in [0.15, 0.2) is 9.84 Å². The maximum Gasteiger partial charge on any atom is 0.225 e. The Morgan fingerprint density at radius 1 is 1.20 bits per heavy atom. The summed E-state index contributed by atoms with van der Waals surface area (Å²) < 4.78 is 24.6. The molecular formula is C16H21N5O2S2. The van der Waals surface area contributed by atoms with E-state index in [1.165, 1.54) is 0 Å². The smallest absolute Gasteiger partial charge is 0.225 e. The molecule has 2 aromatic rings. The number of fused-ring (bicyclic) bond motifs is 1. The molecule has 2 aliphatic rings. The molecule has 4 rings (SSSR count). The van der Waals surface area contributed by atoms with Crippen molar-refractivity contribution in [2.75, 3.05) is 29.5 Å². The number of anilines is 1. The van der Waals surface area contributed by atoms with Crippen LogP contribution in [0.15, 0.2) is 23.8 Å². The molecule has 0 saturated carbocycles. The highest BCUT2D eigenvalue weighted by molar-refractivity contribution is 7.91. The summed E-state index contributed by atoms with van der Waals surface area (Å²) in [4.78, 5) is 17.6. The quantitative estimate of drug-likeness (QED) is 0.783. The van der Waals surface area contributed by atoms with Crippen LogP contribution in [0, 0.1) is 0 Å². The van der Waals surface area contributed by atoms with Crippen LogP contribution in [0.2, 0.25) is 0 Å². The maximum absolute atomic E-state index is 12.3. The third-order valence-corrected chi connectivity index (χ3v) is 7.61. The molecule has 7 nitrogen and oxygen atoms in total. The van der Waals surface area contributed by atoms with E-state index in [1.807, 2.05) is 0 Å². The Bertz CT molecular complexity index is 839. The fourth-order valence-electron chi connectivity index (χ4n) is 3.70. The Morgan fingerprint density at radius 2 is 1.96 bits per heavy atom. The Hall–Kier alpha value is -1.58. The number of sulfone groups is 1. The Labute approximate surface area is 151 Å². The summed E-state index contributed by atoms with van der Waals surface area (Å²) in [6.45, 7) is 4.32. The van der Waals surface area contributed by atoms with E-state index in [1.54, 1.807) is 29.8 Å². The van der Waals surface area contributed by atoms with Gasteiger partial charge in [-0.05, 0) is 12.5 Å². The molecule has 2 unspecified atom stereocenters. The van der Waals surface area contributed by atoms with Gasteiger partial charge in [-0.15, -0.1) is 11.3 Å². The molecule has 4 heterocycles. The van der Waals surface area contributed by atoms with Gasteiger partial charge < -0.3 is 4.90 Å².